The minimum absolute atomic E-state index is 0.0654. The molecule has 2 aromatic carbocycles. The summed E-state index contributed by atoms with van der Waals surface area (Å²) in [5.41, 5.74) is 1.43. The standard InChI is InChI=1S/C14H10FIN4O2/c1-6-4-7(16)2-3-9(6)17-12-8(14(21)22)5-10-13(11(12)15)19-20-18-10/h2-5,17H,1H3,(H,21,22)(H,18,19,20). The van der Waals surface area contributed by atoms with Crippen molar-refractivity contribution in [3.05, 3.63) is 44.8 Å². The summed E-state index contributed by atoms with van der Waals surface area (Å²) in [6, 6.07) is 6.83. The minimum Gasteiger partial charge on any atom is -0.478 e. The van der Waals surface area contributed by atoms with Crippen LogP contribution in [0.3, 0.4) is 0 Å². The number of rotatable bonds is 3. The van der Waals surface area contributed by atoms with Gasteiger partial charge in [0.1, 0.15) is 11.0 Å². The van der Waals surface area contributed by atoms with Crippen LogP contribution >= 0.6 is 22.6 Å². The first-order chi connectivity index (χ1) is 10.5. The molecule has 3 aromatic rings. The van der Waals surface area contributed by atoms with Crippen molar-refractivity contribution in [3.63, 3.8) is 0 Å². The maximum atomic E-state index is 14.6. The van der Waals surface area contributed by atoms with Crippen LogP contribution in [0.1, 0.15) is 15.9 Å². The molecule has 0 spiro atoms. The van der Waals surface area contributed by atoms with Crippen molar-refractivity contribution in [2.75, 3.05) is 5.32 Å². The molecule has 112 valence electrons. The summed E-state index contributed by atoms with van der Waals surface area (Å²) < 4.78 is 15.6. The van der Waals surface area contributed by atoms with Gasteiger partial charge in [-0.25, -0.2) is 9.18 Å². The Balaban J connectivity index is 2.18. The number of carboxylic acid groups (broad SMARTS) is 1. The molecule has 1 heterocycles. The zero-order chi connectivity index (χ0) is 15.9. The molecule has 8 heteroatoms. The number of aromatic amines is 1. The molecule has 0 saturated heterocycles. The Kier molecular flexibility index (Phi) is 3.69. The maximum absolute atomic E-state index is 14.6. The second kappa shape index (κ2) is 5.52. The average molecular weight is 412 g/mol. The van der Waals surface area contributed by atoms with Crippen molar-refractivity contribution < 1.29 is 14.3 Å². The van der Waals surface area contributed by atoms with Crippen LogP contribution in [0.4, 0.5) is 15.8 Å². The van der Waals surface area contributed by atoms with Gasteiger partial charge in [-0.1, -0.05) is 5.21 Å². The topological polar surface area (TPSA) is 90.9 Å². The van der Waals surface area contributed by atoms with E-state index in [0.29, 0.717) is 5.69 Å². The lowest BCUT2D eigenvalue weighted by Crippen LogP contribution is -2.06. The zero-order valence-corrected chi connectivity index (χ0v) is 13.5. The number of carboxylic acids is 1. The number of hydrogen-bond acceptors (Lipinski definition) is 4. The zero-order valence-electron chi connectivity index (χ0n) is 11.3. The van der Waals surface area contributed by atoms with E-state index in [-0.39, 0.29) is 22.3 Å². The van der Waals surface area contributed by atoms with Gasteiger partial charge in [0.2, 0.25) is 0 Å². The van der Waals surface area contributed by atoms with E-state index in [9.17, 15) is 14.3 Å². The van der Waals surface area contributed by atoms with Gasteiger partial charge in [0.15, 0.2) is 5.82 Å². The van der Waals surface area contributed by atoms with Gasteiger partial charge < -0.3 is 10.4 Å². The van der Waals surface area contributed by atoms with Crippen LogP contribution in [0.15, 0.2) is 24.3 Å². The van der Waals surface area contributed by atoms with Gasteiger partial charge in [0.25, 0.3) is 0 Å². The highest BCUT2D eigenvalue weighted by Gasteiger charge is 2.20. The summed E-state index contributed by atoms with van der Waals surface area (Å²) in [5.74, 6) is -1.97. The van der Waals surface area contributed by atoms with Crippen LogP contribution in [-0.4, -0.2) is 26.5 Å². The lowest BCUT2D eigenvalue weighted by Gasteiger charge is -2.13. The molecule has 0 aliphatic carbocycles. The van der Waals surface area contributed by atoms with E-state index >= 15 is 0 Å². The second-order valence-electron chi connectivity index (χ2n) is 4.71. The number of aromatic nitrogens is 3. The molecule has 1 aromatic heterocycles. The van der Waals surface area contributed by atoms with Crippen molar-refractivity contribution >= 4 is 51.0 Å². The fourth-order valence-electron chi connectivity index (χ4n) is 2.14. The second-order valence-corrected chi connectivity index (χ2v) is 5.95. The van der Waals surface area contributed by atoms with Crippen LogP contribution in [0.25, 0.3) is 11.0 Å². The predicted octanol–water partition coefficient (Wildman–Crippen LogP) is 3.45. The largest absolute Gasteiger partial charge is 0.478 e. The number of fused-ring (bicyclic) bond motifs is 1. The molecule has 0 amide bonds. The van der Waals surface area contributed by atoms with Crippen molar-refractivity contribution in [1.82, 2.24) is 15.4 Å². The molecule has 3 N–H and O–H groups in total. The molecule has 0 bridgehead atoms. The molecule has 0 radical (unpaired) electrons. The van der Waals surface area contributed by atoms with Crippen LogP contribution in [0.5, 0.6) is 0 Å². The third kappa shape index (κ3) is 2.49. The molecule has 0 saturated carbocycles. The lowest BCUT2D eigenvalue weighted by molar-refractivity contribution is 0.0697. The molecule has 22 heavy (non-hydrogen) atoms. The Morgan fingerprint density at radius 3 is 2.86 bits per heavy atom. The lowest BCUT2D eigenvalue weighted by atomic mass is 10.1. The number of nitrogens with zero attached hydrogens (tertiary/aromatic N) is 2. The van der Waals surface area contributed by atoms with E-state index in [4.69, 9.17) is 0 Å². The molecular weight excluding hydrogens is 402 g/mol. The van der Waals surface area contributed by atoms with Crippen LogP contribution in [0, 0.1) is 16.3 Å². The molecule has 0 fully saturated rings. The number of aryl methyl sites for hydroxylation is 1. The molecule has 0 aliphatic rings. The average Bonchev–Trinajstić information content (AvgIpc) is 2.92. The molecule has 3 rings (SSSR count). The van der Waals surface area contributed by atoms with Crippen LogP contribution < -0.4 is 5.32 Å². The number of anilines is 2. The van der Waals surface area contributed by atoms with Gasteiger partial charge in [-0.3, -0.25) is 5.10 Å². The number of nitrogens with one attached hydrogen (secondary N) is 2. The third-order valence-corrected chi connectivity index (χ3v) is 3.91. The number of halogens is 2. The van der Waals surface area contributed by atoms with Gasteiger partial charge >= 0.3 is 5.97 Å². The summed E-state index contributed by atoms with van der Waals surface area (Å²) in [4.78, 5) is 11.4. The SMILES string of the molecule is Cc1cc(I)ccc1Nc1c(C(=O)O)cc2nn[nH]c2c1F. The van der Waals surface area contributed by atoms with Crippen molar-refractivity contribution in [2.45, 2.75) is 6.92 Å². The molecule has 6 nitrogen and oxygen atoms in total. The Labute approximate surface area is 137 Å². The summed E-state index contributed by atoms with van der Waals surface area (Å²) in [6.45, 7) is 1.86. The Morgan fingerprint density at radius 2 is 2.18 bits per heavy atom. The van der Waals surface area contributed by atoms with Crippen LogP contribution in [0.2, 0.25) is 0 Å². The van der Waals surface area contributed by atoms with Crippen molar-refractivity contribution in [1.29, 1.82) is 0 Å². The molecular formula is C14H10FIN4O2. The first kappa shape index (κ1) is 14.7. The van der Waals surface area contributed by atoms with E-state index in [2.05, 4.69) is 43.3 Å². The summed E-state index contributed by atoms with van der Waals surface area (Å²) in [5, 5.41) is 21.8. The van der Waals surface area contributed by atoms with E-state index in [1.54, 1.807) is 6.07 Å². The quantitative estimate of drug-likeness (QED) is 0.574. The summed E-state index contributed by atoms with van der Waals surface area (Å²) in [7, 11) is 0. The number of hydrogen-bond donors (Lipinski definition) is 3. The highest BCUT2D eigenvalue weighted by atomic mass is 127. The number of carbonyl (C=O) groups is 1. The van der Waals surface area contributed by atoms with Gasteiger partial charge in [-0.2, -0.15) is 0 Å². The first-order valence-corrected chi connectivity index (χ1v) is 7.35. The van der Waals surface area contributed by atoms with E-state index in [0.717, 1.165) is 9.13 Å². The van der Waals surface area contributed by atoms with Gasteiger partial charge in [-0.15, -0.1) is 5.10 Å². The van der Waals surface area contributed by atoms with E-state index in [1.165, 1.54) is 6.07 Å². The van der Waals surface area contributed by atoms with Gasteiger partial charge in [-0.05, 0) is 59.3 Å². The van der Waals surface area contributed by atoms with Gasteiger partial charge in [0, 0.05) is 9.26 Å². The Hall–Kier alpha value is -2.23. The Morgan fingerprint density at radius 1 is 1.41 bits per heavy atom. The fraction of sp³-hybridized carbons (Fsp3) is 0.0714. The highest BCUT2D eigenvalue weighted by Crippen LogP contribution is 2.31. The van der Waals surface area contributed by atoms with Crippen molar-refractivity contribution in [3.8, 4) is 0 Å². The predicted molar refractivity (Wildman–Crippen MR) is 88.0 cm³/mol. The maximum Gasteiger partial charge on any atom is 0.338 e. The van der Waals surface area contributed by atoms with Crippen LogP contribution in [-0.2, 0) is 0 Å². The van der Waals surface area contributed by atoms with E-state index < -0.39 is 11.8 Å². The minimum atomic E-state index is -1.24. The fourth-order valence-corrected chi connectivity index (χ4v) is 2.79. The molecule has 0 atom stereocenters. The van der Waals surface area contributed by atoms with E-state index in [1.807, 2.05) is 19.1 Å². The third-order valence-electron chi connectivity index (χ3n) is 3.24. The summed E-state index contributed by atoms with van der Waals surface area (Å²) in [6.07, 6.45) is 0. The number of H-pyrrole nitrogens is 1. The highest BCUT2D eigenvalue weighted by molar-refractivity contribution is 14.1. The molecule has 0 unspecified atom stereocenters. The smallest absolute Gasteiger partial charge is 0.338 e. The monoisotopic (exact) mass is 412 g/mol. The number of aromatic carboxylic acids is 1. The Bertz CT molecular complexity index is 894. The first-order valence-electron chi connectivity index (χ1n) is 6.27. The summed E-state index contributed by atoms with van der Waals surface area (Å²) >= 11 is 2.17. The normalized spacial score (nSPS) is 10.9. The number of benzene rings is 2. The molecule has 0 aliphatic heterocycles. The van der Waals surface area contributed by atoms with Gasteiger partial charge in [0.05, 0.1) is 11.3 Å². The van der Waals surface area contributed by atoms with Crippen molar-refractivity contribution in [2.24, 2.45) is 0 Å².